The molecule has 2 N–H and O–H groups in total. The first-order chi connectivity index (χ1) is 6.02. The number of aliphatic hydroxyl groups is 2. The number of aliphatic hydroxyl groups excluding tert-OH is 1. The fourth-order valence-corrected chi connectivity index (χ4v) is 2.59. The molecule has 13 heavy (non-hydrogen) atoms. The fourth-order valence-electron chi connectivity index (χ4n) is 2.59. The molecule has 1 fully saturated rings. The van der Waals surface area contributed by atoms with E-state index in [9.17, 15) is 10.2 Å². The minimum absolute atomic E-state index is 0.155. The Morgan fingerprint density at radius 1 is 1.62 bits per heavy atom. The van der Waals surface area contributed by atoms with Crippen molar-refractivity contribution in [3.05, 3.63) is 11.8 Å². The summed E-state index contributed by atoms with van der Waals surface area (Å²) in [5.74, 6) is 0.135. The van der Waals surface area contributed by atoms with Crippen LogP contribution in [0.1, 0.15) is 26.7 Å². The standard InChI is InChI=1S/C10H16O3/c1-6-5-13-9(11)8-7(6)3-4-10(8,2)12/h5,7-9,11-12H,3-4H2,1-2H3/t7-,8-,9-,10+/m1/s1. The van der Waals surface area contributed by atoms with Crippen LogP contribution in [0.2, 0.25) is 0 Å². The molecule has 2 rings (SSSR count). The third-order valence-electron chi connectivity index (χ3n) is 3.40. The molecule has 0 spiro atoms. The molecule has 3 heteroatoms. The van der Waals surface area contributed by atoms with Crippen molar-refractivity contribution in [2.75, 3.05) is 0 Å². The quantitative estimate of drug-likeness (QED) is 0.591. The monoisotopic (exact) mass is 184 g/mol. The van der Waals surface area contributed by atoms with Gasteiger partial charge >= 0.3 is 0 Å². The highest BCUT2D eigenvalue weighted by molar-refractivity contribution is 5.13. The summed E-state index contributed by atoms with van der Waals surface area (Å²) in [5, 5.41) is 19.6. The predicted molar refractivity (Wildman–Crippen MR) is 47.7 cm³/mol. The Morgan fingerprint density at radius 3 is 2.92 bits per heavy atom. The van der Waals surface area contributed by atoms with Crippen molar-refractivity contribution >= 4 is 0 Å². The molecule has 1 aliphatic carbocycles. The Bertz CT molecular complexity index is 245. The molecule has 3 nitrogen and oxygen atoms in total. The van der Waals surface area contributed by atoms with Crippen molar-refractivity contribution in [1.82, 2.24) is 0 Å². The lowest BCUT2D eigenvalue weighted by Crippen LogP contribution is -2.43. The zero-order chi connectivity index (χ0) is 9.64. The number of allylic oxidation sites excluding steroid dienone is 1. The van der Waals surface area contributed by atoms with Crippen LogP contribution in [0, 0.1) is 11.8 Å². The molecule has 74 valence electrons. The maximum Gasteiger partial charge on any atom is 0.202 e. The number of rotatable bonds is 0. The van der Waals surface area contributed by atoms with Crippen molar-refractivity contribution in [3.63, 3.8) is 0 Å². The average molecular weight is 184 g/mol. The lowest BCUT2D eigenvalue weighted by Gasteiger charge is -2.36. The van der Waals surface area contributed by atoms with Crippen LogP contribution < -0.4 is 0 Å². The molecule has 0 radical (unpaired) electrons. The van der Waals surface area contributed by atoms with E-state index in [0.717, 1.165) is 18.4 Å². The lowest BCUT2D eigenvalue weighted by molar-refractivity contribution is -0.161. The van der Waals surface area contributed by atoms with Gasteiger partial charge in [-0.3, -0.25) is 0 Å². The van der Waals surface area contributed by atoms with E-state index in [-0.39, 0.29) is 5.92 Å². The van der Waals surface area contributed by atoms with Crippen LogP contribution in [-0.2, 0) is 4.74 Å². The van der Waals surface area contributed by atoms with Gasteiger partial charge in [-0.05, 0) is 38.2 Å². The van der Waals surface area contributed by atoms with E-state index in [0.29, 0.717) is 5.92 Å². The van der Waals surface area contributed by atoms with Gasteiger partial charge in [0.2, 0.25) is 6.29 Å². The normalized spacial score (nSPS) is 49.5. The summed E-state index contributed by atoms with van der Waals surface area (Å²) in [5.41, 5.74) is 0.354. The highest BCUT2D eigenvalue weighted by atomic mass is 16.6. The van der Waals surface area contributed by atoms with Gasteiger partial charge in [-0.1, -0.05) is 0 Å². The van der Waals surface area contributed by atoms with Crippen molar-refractivity contribution in [2.24, 2.45) is 11.8 Å². The number of hydrogen-bond donors (Lipinski definition) is 2. The van der Waals surface area contributed by atoms with Crippen LogP contribution in [0.15, 0.2) is 11.8 Å². The lowest BCUT2D eigenvalue weighted by atomic mass is 9.82. The molecule has 0 bridgehead atoms. The third kappa shape index (κ3) is 1.27. The van der Waals surface area contributed by atoms with E-state index in [4.69, 9.17) is 4.74 Å². The molecule has 0 amide bonds. The Labute approximate surface area is 78.0 Å². The summed E-state index contributed by atoms with van der Waals surface area (Å²) >= 11 is 0. The topological polar surface area (TPSA) is 49.7 Å². The van der Waals surface area contributed by atoms with Crippen LogP contribution in [0.3, 0.4) is 0 Å². The average Bonchev–Trinajstić information content (AvgIpc) is 2.36. The minimum atomic E-state index is -0.841. The van der Waals surface area contributed by atoms with Gasteiger partial charge in [0, 0.05) is 0 Å². The predicted octanol–water partition coefficient (Wildman–Crippen LogP) is 1.02. The first-order valence-electron chi connectivity index (χ1n) is 4.75. The second-order valence-electron chi connectivity index (χ2n) is 4.42. The highest BCUT2D eigenvalue weighted by Crippen LogP contribution is 2.47. The van der Waals surface area contributed by atoms with E-state index < -0.39 is 11.9 Å². The number of fused-ring (bicyclic) bond motifs is 1. The van der Waals surface area contributed by atoms with E-state index in [1.54, 1.807) is 13.2 Å². The summed E-state index contributed by atoms with van der Waals surface area (Å²) < 4.78 is 5.07. The first kappa shape index (κ1) is 9.03. The Hall–Kier alpha value is -0.540. The summed E-state index contributed by atoms with van der Waals surface area (Å²) in [4.78, 5) is 0. The second kappa shape index (κ2) is 2.72. The van der Waals surface area contributed by atoms with Crippen molar-refractivity contribution in [2.45, 2.75) is 38.6 Å². The number of ether oxygens (including phenoxy) is 1. The van der Waals surface area contributed by atoms with Crippen molar-refractivity contribution in [3.8, 4) is 0 Å². The van der Waals surface area contributed by atoms with Crippen molar-refractivity contribution < 1.29 is 14.9 Å². The molecule has 1 heterocycles. The Morgan fingerprint density at radius 2 is 2.31 bits per heavy atom. The number of hydrogen-bond acceptors (Lipinski definition) is 3. The molecule has 1 aliphatic heterocycles. The van der Waals surface area contributed by atoms with Crippen LogP contribution in [0.25, 0.3) is 0 Å². The summed E-state index contributed by atoms with van der Waals surface area (Å²) in [7, 11) is 0. The SMILES string of the molecule is CC1=CO[C@@H](O)[C@H]2[C@@H]1CC[C@]2(C)O. The molecule has 2 aliphatic rings. The van der Waals surface area contributed by atoms with E-state index in [1.165, 1.54) is 0 Å². The van der Waals surface area contributed by atoms with Gasteiger partial charge in [-0.2, -0.15) is 0 Å². The zero-order valence-electron chi connectivity index (χ0n) is 8.03. The maximum absolute atomic E-state index is 10.0. The molecule has 1 saturated carbocycles. The third-order valence-corrected chi connectivity index (χ3v) is 3.40. The van der Waals surface area contributed by atoms with Gasteiger partial charge in [-0.15, -0.1) is 0 Å². The smallest absolute Gasteiger partial charge is 0.202 e. The molecule has 0 saturated heterocycles. The van der Waals surface area contributed by atoms with Gasteiger partial charge in [0.15, 0.2) is 0 Å². The van der Waals surface area contributed by atoms with E-state index >= 15 is 0 Å². The van der Waals surface area contributed by atoms with Crippen LogP contribution in [-0.4, -0.2) is 22.1 Å². The Kier molecular flexibility index (Phi) is 1.89. The second-order valence-corrected chi connectivity index (χ2v) is 4.42. The van der Waals surface area contributed by atoms with E-state index in [2.05, 4.69) is 0 Å². The molecule has 0 aromatic rings. The Balaban J connectivity index is 2.30. The fraction of sp³-hybridized carbons (Fsp3) is 0.800. The zero-order valence-corrected chi connectivity index (χ0v) is 8.03. The summed E-state index contributed by atoms with van der Waals surface area (Å²) in [6.45, 7) is 3.77. The molecule has 0 unspecified atom stereocenters. The molecule has 0 aromatic heterocycles. The minimum Gasteiger partial charge on any atom is -0.472 e. The largest absolute Gasteiger partial charge is 0.472 e. The van der Waals surface area contributed by atoms with Crippen LogP contribution >= 0.6 is 0 Å². The first-order valence-corrected chi connectivity index (χ1v) is 4.75. The van der Waals surface area contributed by atoms with Gasteiger partial charge in [-0.25, -0.2) is 0 Å². The van der Waals surface area contributed by atoms with Gasteiger partial charge < -0.3 is 14.9 Å². The molecule has 4 atom stereocenters. The van der Waals surface area contributed by atoms with Gasteiger partial charge in [0.05, 0.1) is 17.8 Å². The van der Waals surface area contributed by atoms with E-state index in [1.807, 2.05) is 6.92 Å². The summed E-state index contributed by atoms with van der Waals surface area (Å²) in [6, 6.07) is 0. The van der Waals surface area contributed by atoms with Crippen molar-refractivity contribution in [1.29, 1.82) is 0 Å². The van der Waals surface area contributed by atoms with Gasteiger partial charge in [0.25, 0.3) is 0 Å². The molecule has 0 aromatic carbocycles. The molecular weight excluding hydrogens is 168 g/mol. The van der Waals surface area contributed by atoms with Crippen LogP contribution in [0.5, 0.6) is 0 Å². The van der Waals surface area contributed by atoms with Crippen LogP contribution in [0.4, 0.5) is 0 Å². The summed E-state index contributed by atoms with van der Waals surface area (Å²) in [6.07, 6.45) is 2.47. The highest BCUT2D eigenvalue weighted by Gasteiger charge is 2.50. The maximum atomic E-state index is 10.0. The van der Waals surface area contributed by atoms with Gasteiger partial charge in [0.1, 0.15) is 0 Å². The molecular formula is C10H16O3.